The number of fused-ring (bicyclic) bond motifs is 1. The second-order valence-electron chi connectivity index (χ2n) is 3.45. The maximum Gasteiger partial charge on any atom is 0.336 e. The molecule has 6 heteroatoms. The zero-order valence-electron chi connectivity index (χ0n) is 9.37. The number of rotatable bonds is 3. The van der Waals surface area contributed by atoms with E-state index in [1.807, 2.05) is 0 Å². The number of carbonyl (C=O) groups excluding carboxylic acids is 1. The van der Waals surface area contributed by atoms with Crippen LogP contribution in [0.3, 0.4) is 0 Å². The molecule has 0 aliphatic heterocycles. The van der Waals surface area contributed by atoms with E-state index in [9.17, 15) is 9.59 Å². The molecule has 0 amide bonds. The van der Waals surface area contributed by atoms with Gasteiger partial charge in [-0.05, 0) is 22.2 Å². The second-order valence-corrected chi connectivity index (χ2v) is 3.45. The van der Waals surface area contributed by atoms with Crippen molar-refractivity contribution in [1.82, 2.24) is 15.2 Å². The summed E-state index contributed by atoms with van der Waals surface area (Å²) in [5, 5.41) is 7.62. The van der Waals surface area contributed by atoms with Gasteiger partial charge in [0.15, 0.2) is 0 Å². The van der Waals surface area contributed by atoms with Crippen LogP contribution in [0.1, 0.15) is 12.8 Å². The smallest absolute Gasteiger partial charge is 0.314 e. The number of terminal acetylenes is 1. The van der Waals surface area contributed by atoms with E-state index in [1.165, 1.54) is 0 Å². The summed E-state index contributed by atoms with van der Waals surface area (Å²) in [5.74, 6) is 1.68. The molecule has 0 saturated heterocycles. The molecule has 0 aliphatic rings. The third-order valence-corrected chi connectivity index (χ3v) is 2.20. The Morgan fingerprint density at radius 2 is 2.22 bits per heavy atom. The Morgan fingerprint density at radius 3 is 3.00 bits per heavy atom. The van der Waals surface area contributed by atoms with Gasteiger partial charge in [0.2, 0.25) is 0 Å². The Morgan fingerprint density at radius 1 is 1.44 bits per heavy atom. The number of aromatic nitrogens is 3. The maximum absolute atomic E-state index is 11.9. The van der Waals surface area contributed by atoms with Crippen molar-refractivity contribution in [3.05, 3.63) is 34.6 Å². The number of hydrogen-bond acceptors (Lipinski definition) is 5. The van der Waals surface area contributed by atoms with E-state index in [0.717, 1.165) is 0 Å². The van der Waals surface area contributed by atoms with Crippen molar-refractivity contribution >= 4 is 16.9 Å². The molecule has 1 aromatic heterocycles. The van der Waals surface area contributed by atoms with Crippen LogP contribution in [0.2, 0.25) is 0 Å². The standard InChI is InChI=1S/C12H9N3O3/c1-2-3-8-11(16)18-15-12(17)9-6-4-5-7-10(9)13-14-15/h1,4-7H,3,8H2. The van der Waals surface area contributed by atoms with Gasteiger partial charge in [-0.1, -0.05) is 12.1 Å². The molecule has 2 rings (SSSR count). The van der Waals surface area contributed by atoms with Crippen LogP contribution in [-0.2, 0) is 4.79 Å². The first kappa shape index (κ1) is 11.8. The lowest BCUT2D eigenvalue weighted by molar-refractivity contribution is -0.146. The molecule has 0 aliphatic carbocycles. The molecule has 0 unspecified atom stereocenters. The summed E-state index contributed by atoms with van der Waals surface area (Å²) in [4.78, 5) is 28.5. The van der Waals surface area contributed by atoms with Crippen molar-refractivity contribution < 1.29 is 9.63 Å². The minimum atomic E-state index is -0.625. The Labute approximate surface area is 102 Å². The monoisotopic (exact) mass is 243 g/mol. The fourth-order valence-electron chi connectivity index (χ4n) is 1.35. The van der Waals surface area contributed by atoms with E-state index < -0.39 is 11.5 Å². The van der Waals surface area contributed by atoms with Crippen LogP contribution in [0.25, 0.3) is 10.9 Å². The highest BCUT2D eigenvalue weighted by molar-refractivity contribution is 5.76. The molecule has 0 fully saturated rings. The molecule has 6 nitrogen and oxygen atoms in total. The van der Waals surface area contributed by atoms with E-state index in [0.29, 0.717) is 15.7 Å². The Hall–Kier alpha value is -2.68. The van der Waals surface area contributed by atoms with E-state index in [2.05, 4.69) is 16.2 Å². The molecular weight excluding hydrogens is 234 g/mol. The van der Waals surface area contributed by atoms with Crippen LogP contribution in [0, 0.1) is 12.3 Å². The lowest BCUT2D eigenvalue weighted by Gasteiger charge is -2.03. The molecule has 0 radical (unpaired) electrons. The summed E-state index contributed by atoms with van der Waals surface area (Å²) in [7, 11) is 0. The zero-order chi connectivity index (χ0) is 13.0. The predicted molar refractivity (Wildman–Crippen MR) is 63.5 cm³/mol. The topological polar surface area (TPSA) is 74.1 Å². The predicted octanol–water partition coefficient (Wildman–Crippen LogP) is 0.160. The third-order valence-electron chi connectivity index (χ3n) is 2.20. The van der Waals surface area contributed by atoms with Crippen LogP contribution < -0.4 is 10.4 Å². The van der Waals surface area contributed by atoms with Gasteiger partial charge in [0.25, 0.3) is 0 Å². The molecule has 0 N–H and O–H groups in total. The van der Waals surface area contributed by atoms with Crippen LogP contribution >= 0.6 is 0 Å². The first-order valence-corrected chi connectivity index (χ1v) is 5.22. The second kappa shape index (κ2) is 5.10. The minimum Gasteiger partial charge on any atom is -0.314 e. The van der Waals surface area contributed by atoms with Crippen LogP contribution in [0.4, 0.5) is 0 Å². The summed E-state index contributed by atoms with van der Waals surface area (Å²) < 4.78 is 0. The molecule has 1 aromatic carbocycles. The van der Waals surface area contributed by atoms with Gasteiger partial charge in [-0.3, -0.25) is 4.79 Å². The van der Waals surface area contributed by atoms with E-state index >= 15 is 0 Å². The molecule has 0 bridgehead atoms. The van der Waals surface area contributed by atoms with E-state index in [4.69, 9.17) is 11.3 Å². The third kappa shape index (κ3) is 2.35. The summed E-state index contributed by atoms with van der Waals surface area (Å²) >= 11 is 0. The largest absolute Gasteiger partial charge is 0.336 e. The van der Waals surface area contributed by atoms with E-state index in [1.54, 1.807) is 24.3 Å². The van der Waals surface area contributed by atoms with Crippen molar-refractivity contribution in [2.24, 2.45) is 0 Å². The van der Waals surface area contributed by atoms with Crippen molar-refractivity contribution in [3.63, 3.8) is 0 Å². The van der Waals surface area contributed by atoms with Gasteiger partial charge in [-0.25, -0.2) is 4.79 Å². The highest BCUT2D eigenvalue weighted by Gasteiger charge is 2.09. The van der Waals surface area contributed by atoms with Crippen molar-refractivity contribution in [2.75, 3.05) is 0 Å². The first-order valence-electron chi connectivity index (χ1n) is 5.22. The zero-order valence-corrected chi connectivity index (χ0v) is 9.37. The normalized spacial score (nSPS) is 9.94. The molecule has 0 atom stereocenters. The Kier molecular flexibility index (Phi) is 3.34. The number of hydrogen-bond donors (Lipinski definition) is 0. The molecule has 0 saturated carbocycles. The fraction of sp³-hybridized carbons (Fsp3) is 0.167. The quantitative estimate of drug-likeness (QED) is 0.567. The first-order chi connectivity index (χ1) is 8.72. The van der Waals surface area contributed by atoms with Crippen molar-refractivity contribution in [2.45, 2.75) is 12.8 Å². The summed E-state index contributed by atoms with van der Waals surface area (Å²) in [6.07, 6.45) is 5.29. The minimum absolute atomic E-state index is 0.0252. The maximum atomic E-state index is 11.9. The average molecular weight is 243 g/mol. The molecule has 90 valence electrons. The Bertz CT molecular complexity index is 685. The van der Waals surface area contributed by atoms with Crippen LogP contribution in [0.15, 0.2) is 29.1 Å². The van der Waals surface area contributed by atoms with Crippen molar-refractivity contribution in [3.8, 4) is 12.3 Å². The molecule has 2 aromatic rings. The average Bonchev–Trinajstić information content (AvgIpc) is 2.40. The van der Waals surface area contributed by atoms with E-state index in [-0.39, 0.29) is 12.8 Å². The van der Waals surface area contributed by atoms with Gasteiger partial charge in [0.05, 0.1) is 11.8 Å². The van der Waals surface area contributed by atoms with Gasteiger partial charge in [0, 0.05) is 6.42 Å². The van der Waals surface area contributed by atoms with Crippen LogP contribution in [0.5, 0.6) is 0 Å². The fourth-order valence-corrected chi connectivity index (χ4v) is 1.35. The highest BCUT2D eigenvalue weighted by atomic mass is 16.7. The van der Waals surface area contributed by atoms with Crippen molar-refractivity contribution in [1.29, 1.82) is 0 Å². The lowest BCUT2D eigenvalue weighted by Crippen LogP contribution is -2.33. The molecule has 18 heavy (non-hydrogen) atoms. The Balaban J connectivity index is 2.30. The highest BCUT2D eigenvalue weighted by Crippen LogP contribution is 2.02. The summed E-state index contributed by atoms with van der Waals surface area (Å²) in [5.41, 5.74) is -0.0897. The van der Waals surface area contributed by atoms with Gasteiger partial charge in [0.1, 0.15) is 5.52 Å². The van der Waals surface area contributed by atoms with Gasteiger partial charge in [-0.15, -0.1) is 17.4 Å². The van der Waals surface area contributed by atoms with Gasteiger partial charge < -0.3 is 4.84 Å². The number of benzene rings is 1. The summed E-state index contributed by atoms with van der Waals surface area (Å²) in [6.45, 7) is 0. The summed E-state index contributed by atoms with van der Waals surface area (Å²) in [6, 6.07) is 6.65. The number of carbonyl (C=O) groups is 1. The van der Waals surface area contributed by atoms with Crippen LogP contribution in [-0.4, -0.2) is 21.1 Å². The van der Waals surface area contributed by atoms with Gasteiger partial charge >= 0.3 is 11.5 Å². The molecule has 1 heterocycles. The lowest BCUT2D eigenvalue weighted by atomic mass is 10.2. The number of nitrogens with zero attached hydrogens (tertiary/aromatic N) is 3. The van der Waals surface area contributed by atoms with Gasteiger partial charge in [-0.2, -0.15) is 0 Å². The molecule has 0 spiro atoms. The SMILES string of the molecule is C#CCCC(=O)On1nnc2ccccc2c1=O. The molecular formula is C12H9N3O3.